The zero-order chi connectivity index (χ0) is 16.0. The lowest BCUT2D eigenvalue weighted by molar-refractivity contribution is -0.137. The molecular weight excluding hydrogens is 264 g/mol. The van der Waals surface area contributed by atoms with Crippen LogP contribution in [0.1, 0.15) is 33.3 Å². The molecule has 2 atom stereocenters. The predicted molar refractivity (Wildman–Crippen MR) is 84.9 cm³/mol. The molecule has 0 spiro atoms. The van der Waals surface area contributed by atoms with Gasteiger partial charge in [0.2, 0.25) is 0 Å². The van der Waals surface area contributed by atoms with Crippen LogP contribution in [0.2, 0.25) is 0 Å². The van der Waals surface area contributed by atoms with Gasteiger partial charge in [0.15, 0.2) is 0 Å². The van der Waals surface area contributed by atoms with Gasteiger partial charge >= 0.3 is 0 Å². The Hall–Kier alpha value is -1.45. The Bertz CT molecular complexity index is 476. The molecule has 1 aromatic rings. The van der Waals surface area contributed by atoms with Crippen molar-refractivity contribution in [2.75, 3.05) is 6.61 Å². The average Bonchev–Trinajstić information content (AvgIpc) is 2.46. The molecule has 1 N–H and O–H groups in total. The molecule has 1 rings (SSSR count). The van der Waals surface area contributed by atoms with Crippen LogP contribution >= 0.6 is 0 Å². The number of ether oxygens (including phenoxy) is 1. The molecule has 3 heteroatoms. The molecule has 0 aliphatic carbocycles. The first-order valence-electron chi connectivity index (χ1n) is 7.26. The van der Waals surface area contributed by atoms with E-state index in [1.807, 2.05) is 37.3 Å². The Morgan fingerprint density at radius 3 is 2.43 bits per heavy atom. The number of Topliss-reactive ketones (excluding diaryl/α,β-unsaturated/α-hetero) is 1. The van der Waals surface area contributed by atoms with Crippen molar-refractivity contribution in [1.29, 1.82) is 0 Å². The maximum atomic E-state index is 12.5. The van der Waals surface area contributed by atoms with Crippen molar-refractivity contribution >= 4 is 5.78 Å². The number of rotatable bonds is 8. The second-order valence-electron chi connectivity index (χ2n) is 6.24. The molecule has 0 saturated heterocycles. The molecule has 0 aliphatic heterocycles. The third-order valence-corrected chi connectivity index (χ3v) is 3.71. The van der Waals surface area contributed by atoms with E-state index < -0.39 is 11.5 Å². The quantitative estimate of drug-likeness (QED) is 0.747. The molecule has 0 aromatic heterocycles. The van der Waals surface area contributed by atoms with Gasteiger partial charge in [-0.05, 0) is 12.5 Å². The largest absolute Gasteiger partial charge is 0.388 e. The zero-order valence-corrected chi connectivity index (χ0v) is 13.4. The van der Waals surface area contributed by atoms with Crippen LogP contribution in [0, 0.1) is 11.3 Å². The molecule has 0 heterocycles. The van der Waals surface area contributed by atoms with E-state index in [-0.39, 0.29) is 11.7 Å². The summed E-state index contributed by atoms with van der Waals surface area (Å²) in [5.41, 5.74) is 0.839. The smallest absolute Gasteiger partial charge is 0.146 e. The number of carbonyl (C=O) groups excluding carboxylic acids is 1. The van der Waals surface area contributed by atoms with Gasteiger partial charge in [-0.3, -0.25) is 4.79 Å². The van der Waals surface area contributed by atoms with Gasteiger partial charge < -0.3 is 9.84 Å². The van der Waals surface area contributed by atoms with E-state index in [2.05, 4.69) is 6.58 Å². The minimum atomic E-state index is -0.846. The molecule has 116 valence electrons. The molecular formula is C18H26O3. The van der Waals surface area contributed by atoms with E-state index in [1.165, 1.54) is 0 Å². The molecule has 3 nitrogen and oxygen atoms in total. The van der Waals surface area contributed by atoms with Crippen molar-refractivity contribution in [3.8, 4) is 0 Å². The highest BCUT2D eigenvalue weighted by molar-refractivity contribution is 5.87. The normalized spacial score (nSPS) is 14.5. The number of hydrogen-bond acceptors (Lipinski definition) is 3. The van der Waals surface area contributed by atoms with Crippen LogP contribution in [0.25, 0.3) is 0 Å². The highest BCUT2D eigenvalue weighted by Gasteiger charge is 2.38. The van der Waals surface area contributed by atoms with Crippen molar-refractivity contribution in [2.45, 2.75) is 40.4 Å². The maximum absolute atomic E-state index is 12.5. The molecule has 0 saturated carbocycles. The minimum Gasteiger partial charge on any atom is -0.388 e. The Balaban J connectivity index is 2.53. The van der Waals surface area contributed by atoms with Gasteiger partial charge in [0.05, 0.1) is 24.7 Å². The standard InChI is InChI=1S/C18H26O3/c1-13(2)16(19)18(4,5)17(20)14(3)11-21-12-15-9-7-6-8-10-15/h6-10,14,16,19H,1,11-12H2,2-5H3/t14-,16-/m0/s1. The Morgan fingerprint density at radius 1 is 1.33 bits per heavy atom. The van der Waals surface area contributed by atoms with E-state index in [9.17, 15) is 9.90 Å². The van der Waals surface area contributed by atoms with Gasteiger partial charge in [-0.15, -0.1) is 0 Å². The summed E-state index contributed by atoms with van der Waals surface area (Å²) in [5, 5.41) is 10.1. The van der Waals surface area contributed by atoms with E-state index in [1.54, 1.807) is 20.8 Å². The first-order valence-corrected chi connectivity index (χ1v) is 7.26. The van der Waals surface area contributed by atoms with Gasteiger partial charge in [-0.25, -0.2) is 0 Å². The van der Waals surface area contributed by atoms with Crippen LogP contribution in [0.5, 0.6) is 0 Å². The molecule has 1 aromatic carbocycles. The number of aliphatic hydroxyl groups excluding tert-OH is 1. The van der Waals surface area contributed by atoms with Gasteiger partial charge in [-0.1, -0.05) is 63.3 Å². The zero-order valence-electron chi connectivity index (χ0n) is 13.4. The van der Waals surface area contributed by atoms with Gasteiger partial charge in [0.1, 0.15) is 5.78 Å². The summed E-state index contributed by atoms with van der Waals surface area (Å²) in [6.45, 7) is 11.6. The fourth-order valence-corrected chi connectivity index (χ4v) is 2.39. The molecule has 0 fully saturated rings. The number of aliphatic hydroxyl groups is 1. The first-order chi connectivity index (χ1) is 9.76. The Morgan fingerprint density at radius 2 is 1.90 bits per heavy atom. The van der Waals surface area contributed by atoms with Gasteiger partial charge in [0, 0.05) is 5.92 Å². The van der Waals surface area contributed by atoms with Gasteiger partial charge in [-0.2, -0.15) is 0 Å². The summed E-state index contributed by atoms with van der Waals surface area (Å²) < 4.78 is 5.61. The van der Waals surface area contributed by atoms with Crippen molar-refractivity contribution in [2.24, 2.45) is 11.3 Å². The van der Waals surface area contributed by atoms with E-state index in [0.717, 1.165) is 5.56 Å². The van der Waals surface area contributed by atoms with Crippen LogP contribution < -0.4 is 0 Å². The fraction of sp³-hybridized carbons (Fsp3) is 0.500. The second-order valence-corrected chi connectivity index (χ2v) is 6.24. The molecule has 0 unspecified atom stereocenters. The van der Waals surface area contributed by atoms with E-state index in [0.29, 0.717) is 18.8 Å². The lowest BCUT2D eigenvalue weighted by Gasteiger charge is -2.31. The molecule has 0 radical (unpaired) electrons. The Kier molecular flexibility index (Phi) is 6.31. The fourth-order valence-electron chi connectivity index (χ4n) is 2.39. The third kappa shape index (κ3) is 4.80. The van der Waals surface area contributed by atoms with Crippen LogP contribution in [0.3, 0.4) is 0 Å². The number of carbonyl (C=O) groups is 1. The van der Waals surface area contributed by atoms with Crippen molar-refractivity contribution in [1.82, 2.24) is 0 Å². The SMILES string of the molecule is C=C(C)[C@H](O)C(C)(C)C(=O)[C@@H](C)COCc1ccccc1. The van der Waals surface area contributed by atoms with Crippen molar-refractivity contribution in [3.63, 3.8) is 0 Å². The van der Waals surface area contributed by atoms with Gasteiger partial charge in [0.25, 0.3) is 0 Å². The van der Waals surface area contributed by atoms with Crippen molar-refractivity contribution in [3.05, 3.63) is 48.0 Å². The average molecular weight is 290 g/mol. The summed E-state index contributed by atoms with van der Waals surface area (Å²) in [7, 11) is 0. The number of benzene rings is 1. The molecule has 0 aliphatic rings. The topological polar surface area (TPSA) is 46.5 Å². The van der Waals surface area contributed by atoms with Crippen LogP contribution in [-0.4, -0.2) is 23.6 Å². The monoisotopic (exact) mass is 290 g/mol. The summed E-state index contributed by atoms with van der Waals surface area (Å²) in [6.07, 6.45) is -0.832. The first kappa shape index (κ1) is 17.6. The maximum Gasteiger partial charge on any atom is 0.146 e. The van der Waals surface area contributed by atoms with E-state index in [4.69, 9.17) is 4.74 Å². The highest BCUT2D eigenvalue weighted by atomic mass is 16.5. The van der Waals surface area contributed by atoms with Crippen molar-refractivity contribution < 1.29 is 14.6 Å². The lowest BCUT2D eigenvalue weighted by atomic mass is 9.75. The lowest BCUT2D eigenvalue weighted by Crippen LogP contribution is -2.41. The van der Waals surface area contributed by atoms with Crippen LogP contribution in [-0.2, 0) is 16.1 Å². The number of ketones is 1. The summed E-state index contributed by atoms with van der Waals surface area (Å²) in [6, 6.07) is 9.85. The summed E-state index contributed by atoms with van der Waals surface area (Å²) in [4.78, 5) is 12.5. The van der Waals surface area contributed by atoms with Crippen LogP contribution in [0.15, 0.2) is 42.5 Å². The second kappa shape index (κ2) is 7.53. The highest BCUT2D eigenvalue weighted by Crippen LogP contribution is 2.29. The minimum absolute atomic E-state index is 0.00828. The summed E-state index contributed by atoms with van der Waals surface area (Å²) in [5.74, 6) is -0.274. The third-order valence-electron chi connectivity index (χ3n) is 3.71. The Labute approximate surface area is 127 Å². The molecule has 0 amide bonds. The summed E-state index contributed by atoms with van der Waals surface area (Å²) >= 11 is 0. The number of hydrogen-bond donors (Lipinski definition) is 1. The van der Waals surface area contributed by atoms with E-state index >= 15 is 0 Å². The van der Waals surface area contributed by atoms with Crippen LogP contribution in [0.4, 0.5) is 0 Å². The molecule has 0 bridgehead atoms. The predicted octanol–water partition coefficient (Wildman–Crippen LogP) is 3.37. The molecule has 21 heavy (non-hydrogen) atoms.